The van der Waals surface area contributed by atoms with Gasteiger partial charge in [0.1, 0.15) is 5.75 Å². The molecule has 0 spiro atoms. The summed E-state index contributed by atoms with van der Waals surface area (Å²) >= 11 is 0. The quantitative estimate of drug-likeness (QED) is 0.892. The normalized spacial score (nSPS) is 12.7. The summed E-state index contributed by atoms with van der Waals surface area (Å²) in [5.41, 5.74) is 8.77. The molecule has 2 N–H and O–H groups in total. The molecule has 1 heterocycles. The fourth-order valence-corrected chi connectivity index (χ4v) is 2.12. The number of aromatic nitrogens is 1. The summed E-state index contributed by atoms with van der Waals surface area (Å²) in [6, 6.07) is 7.86. The van der Waals surface area contributed by atoms with Gasteiger partial charge in [0.2, 0.25) is 5.88 Å². The van der Waals surface area contributed by atoms with Crippen molar-refractivity contribution in [3.63, 3.8) is 0 Å². The number of hydrogen-bond acceptors (Lipinski definition) is 4. The Balaban J connectivity index is 2.39. The van der Waals surface area contributed by atoms with Gasteiger partial charge < -0.3 is 15.0 Å². The molecule has 1 aromatic heterocycles. The molecule has 20 heavy (non-hydrogen) atoms. The van der Waals surface area contributed by atoms with E-state index in [9.17, 15) is 0 Å². The highest BCUT2D eigenvalue weighted by atomic mass is 16.5. The summed E-state index contributed by atoms with van der Waals surface area (Å²) in [4.78, 5) is 0. The maximum Gasteiger partial charge on any atom is 0.230 e. The number of ether oxygens (including phenoxy) is 1. The maximum absolute atomic E-state index is 5.95. The summed E-state index contributed by atoms with van der Waals surface area (Å²) in [7, 11) is 0. The topological polar surface area (TPSA) is 61.3 Å². The summed E-state index contributed by atoms with van der Waals surface area (Å²) in [6.07, 6.45) is 0. The minimum atomic E-state index is 0.289. The van der Waals surface area contributed by atoms with Gasteiger partial charge in [0.05, 0.1) is 17.9 Å². The molecule has 0 radical (unpaired) electrons. The van der Waals surface area contributed by atoms with Gasteiger partial charge in [-0.25, -0.2) is 0 Å². The van der Waals surface area contributed by atoms with Crippen LogP contribution in [0.25, 0.3) is 11.1 Å². The Morgan fingerprint density at radius 2 is 1.85 bits per heavy atom. The summed E-state index contributed by atoms with van der Waals surface area (Å²) in [5.74, 6) is 1.99. The largest absolute Gasteiger partial charge is 0.494 e. The zero-order chi connectivity index (χ0) is 14.7. The molecule has 0 saturated carbocycles. The first-order valence-electron chi connectivity index (χ1n) is 7.02. The van der Waals surface area contributed by atoms with Gasteiger partial charge in [-0.1, -0.05) is 38.1 Å². The van der Waals surface area contributed by atoms with Gasteiger partial charge in [0, 0.05) is 5.92 Å². The lowest BCUT2D eigenvalue weighted by Gasteiger charge is -2.14. The van der Waals surface area contributed by atoms with Gasteiger partial charge in [-0.15, -0.1) is 0 Å². The summed E-state index contributed by atoms with van der Waals surface area (Å²) < 4.78 is 10.6. The molecule has 1 aromatic carbocycles. The second-order valence-electron chi connectivity index (χ2n) is 5.30. The number of nitrogen functional groups attached to an aromatic ring is 1. The van der Waals surface area contributed by atoms with Crippen LogP contribution < -0.4 is 10.5 Å². The van der Waals surface area contributed by atoms with E-state index in [-0.39, 0.29) is 5.92 Å². The van der Waals surface area contributed by atoms with Crippen molar-refractivity contribution in [2.75, 3.05) is 12.3 Å². The van der Waals surface area contributed by atoms with Crippen LogP contribution in [0.3, 0.4) is 0 Å². The van der Waals surface area contributed by atoms with Crippen LogP contribution in [0.2, 0.25) is 0 Å². The van der Waals surface area contributed by atoms with Crippen molar-refractivity contribution < 1.29 is 9.26 Å². The molecule has 0 bridgehead atoms. The average molecular weight is 274 g/mol. The van der Waals surface area contributed by atoms with Crippen LogP contribution in [0.15, 0.2) is 28.8 Å². The average Bonchev–Trinajstić information content (AvgIpc) is 2.81. The van der Waals surface area contributed by atoms with Gasteiger partial charge in [-0.2, -0.15) is 0 Å². The minimum Gasteiger partial charge on any atom is -0.494 e. The molecule has 2 aromatic rings. The Hall–Kier alpha value is -1.97. The minimum absolute atomic E-state index is 0.289. The van der Waals surface area contributed by atoms with Gasteiger partial charge in [0.25, 0.3) is 0 Å². The molecule has 0 aliphatic heterocycles. The van der Waals surface area contributed by atoms with Gasteiger partial charge in [0.15, 0.2) is 0 Å². The lowest BCUT2D eigenvalue weighted by molar-refractivity contribution is 0.340. The highest BCUT2D eigenvalue weighted by Crippen LogP contribution is 2.37. The molecule has 0 aliphatic rings. The SMILES string of the molecule is CCOc1ccc(-c2c(C(C)C(C)C)noc2N)cc1. The predicted octanol–water partition coefficient (Wildman–Crippen LogP) is 4.08. The zero-order valence-electron chi connectivity index (χ0n) is 12.5. The third kappa shape index (κ3) is 2.79. The monoisotopic (exact) mass is 274 g/mol. The van der Waals surface area contributed by atoms with Gasteiger partial charge in [-0.3, -0.25) is 0 Å². The third-order valence-corrected chi connectivity index (χ3v) is 3.63. The second-order valence-corrected chi connectivity index (χ2v) is 5.30. The predicted molar refractivity (Wildman–Crippen MR) is 80.8 cm³/mol. The fraction of sp³-hybridized carbons (Fsp3) is 0.438. The standard InChI is InChI=1S/C16H22N2O2/c1-5-19-13-8-6-12(7-9-13)14-15(11(4)10(2)3)18-20-16(14)17/h6-11H,5,17H2,1-4H3. The molecule has 2 rings (SSSR count). The smallest absolute Gasteiger partial charge is 0.230 e. The van der Waals surface area contributed by atoms with E-state index < -0.39 is 0 Å². The molecule has 4 nitrogen and oxygen atoms in total. The van der Waals surface area contributed by atoms with E-state index in [1.54, 1.807) is 0 Å². The van der Waals surface area contributed by atoms with Crippen molar-refractivity contribution in [1.29, 1.82) is 0 Å². The van der Waals surface area contributed by atoms with Crippen LogP contribution >= 0.6 is 0 Å². The van der Waals surface area contributed by atoms with Crippen molar-refractivity contribution in [1.82, 2.24) is 5.16 Å². The van der Waals surface area contributed by atoms with Crippen molar-refractivity contribution in [3.8, 4) is 16.9 Å². The van der Waals surface area contributed by atoms with Crippen LogP contribution in [-0.2, 0) is 0 Å². The molecule has 4 heteroatoms. The highest BCUT2D eigenvalue weighted by Gasteiger charge is 2.22. The number of benzene rings is 1. The van der Waals surface area contributed by atoms with Gasteiger partial charge >= 0.3 is 0 Å². The van der Waals surface area contributed by atoms with E-state index in [1.165, 1.54) is 0 Å². The Bertz CT molecular complexity index is 558. The van der Waals surface area contributed by atoms with Crippen molar-refractivity contribution in [3.05, 3.63) is 30.0 Å². The first-order chi connectivity index (χ1) is 9.54. The molecular weight excluding hydrogens is 252 g/mol. The van der Waals surface area contributed by atoms with Crippen molar-refractivity contribution >= 4 is 5.88 Å². The Morgan fingerprint density at radius 3 is 2.40 bits per heavy atom. The van der Waals surface area contributed by atoms with Crippen LogP contribution in [0.5, 0.6) is 5.75 Å². The van der Waals surface area contributed by atoms with Crippen LogP contribution in [0.4, 0.5) is 5.88 Å². The molecule has 1 unspecified atom stereocenters. The number of hydrogen-bond donors (Lipinski definition) is 1. The Labute approximate surface area is 119 Å². The highest BCUT2D eigenvalue weighted by molar-refractivity contribution is 5.75. The number of rotatable bonds is 5. The number of anilines is 1. The van der Waals surface area contributed by atoms with Crippen molar-refractivity contribution in [2.24, 2.45) is 5.92 Å². The molecule has 1 atom stereocenters. The molecule has 0 aliphatic carbocycles. The van der Waals surface area contributed by atoms with E-state index in [0.29, 0.717) is 18.4 Å². The third-order valence-electron chi connectivity index (χ3n) is 3.63. The van der Waals surface area contributed by atoms with E-state index in [2.05, 4.69) is 25.9 Å². The van der Waals surface area contributed by atoms with Crippen LogP contribution in [-0.4, -0.2) is 11.8 Å². The summed E-state index contributed by atoms with van der Waals surface area (Å²) in [6.45, 7) is 9.09. The van der Waals surface area contributed by atoms with E-state index in [0.717, 1.165) is 22.6 Å². The maximum atomic E-state index is 5.95. The first-order valence-corrected chi connectivity index (χ1v) is 7.02. The van der Waals surface area contributed by atoms with Gasteiger partial charge in [-0.05, 0) is 30.5 Å². The number of nitrogens with zero attached hydrogens (tertiary/aromatic N) is 1. The summed E-state index contributed by atoms with van der Waals surface area (Å²) in [5, 5.41) is 4.14. The first kappa shape index (κ1) is 14.4. The fourth-order valence-electron chi connectivity index (χ4n) is 2.12. The lowest BCUT2D eigenvalue weighted by atomic mass is 9.90. The Kier molecular flexibility index (Phi) is 4.32. The molecular formula is C16H22N2O2. The van der Waals surface area contributed by atoms with Crippen molar-refractivity contribution in [2.45, 2.75) is 33.6 Å². The van der Waals surface area contributed by atoms with Crippen LogP contribution in [0, 0.1) is 5.92 Å². The zero-order valence-corrected chi connectivity index (χ0v) is 12.5. The number of nitrogens with two attached hydrogens (primary N) is 1. The lowest BCUT2D eigenvalue weighted by Crippen LogP contribution is -2.04. The van der Waals surface area contributed by atoms with E-state index in [1.807, 2.05) is 31.2 Å². The Morgan fingerprint density at radius 1 is 1.20 bits per heavy atom. The molecule has 0 saturated heterocycles. The van der Waals surface area contributed by atoms with E-state index >= 15 is 0 Å². The second kappa shape index (κ2) is 5.99. The molecule has 108 valence electrons. The molecule has 0 amide bonds. The molecule has 0 fully saturated rings. The van der Waals surface area contributed by atoms with E-state index in [4.69, 9.17) is 15.0 Å². The van der Waals surface area contributed by atoms with Crippen LogP contribution in [0.1, 0.15) is 39.3 Å².